The Morgan fingerprint density at radius 2 is 1.92 bits per heavy atom. The fourth-order valence-corrected chi connectivity index (χ4v) is 3.47. The van der Waals surface area contributed by atoms with Crippen molar-refractivity contribution < 1.29 is 21.9 Å². The van der Waals surface area contributed by atoms with Gasteiger partial charge in [0, 0.05) is 23.4 Å². The summed E-state index contributed by atoms with van der Waals surface area (Å²) in [6.07, 6.45) is 6.00. The zero-order chi connectivity index (χ0) is 18.0. The van der Waals surface area contributed by atoms with Gasteiger partial charge < -0.3 is 4.74 Å². The number of benzene rings is 2. The molecule has 3 nitrogen and oxygen atoms in total. The summed E-state index contributed by atoms with van der Waals surface area (Å²) in [5.41, 5.74) is 1.97. The van der Waals surface area contributed by atoms with Crippen LogP contribution >= 0.6 is 0 Å². The standard InChI is InChI=1S/C19H18F2O3S/c1-25(22,23)16-8-9-19(17(11-16)13-4-2-3-5-13)24-12-14-6-7-15(20)10-18(14)21/h4,6-11H,2-3,5,12H2,1H3. The van der Waals surface area contributed by atoms with Crippen LogP contribution in [-0.2, 0) is 16.4 Å². The lowest BCUT2D eigenvalue weighted by molar-refractivity contribution is 0.298. The van der Waals surface area contributed by atoms with Crippen molar-refractivity contribution in [2.45, 2.75) is 30.8 Å². The topological polar surface area (TPSA) is 43.4 Å². The average molecular weight is 364 g/mol. The highest BCUT2D eigenvalue weighted by atomic mass is 32.2. The molecule has 0 spiro atoms. The van der Waals surface area contributed by atoms with Crippen LogP contribution in [0.15, 0.2) is 47.4 Å². The fraction of sp³-hybridized carbons (Fsp3) is 0.263. The molecule has 0 atom stereocenters. The minimum Gasteiger partial charge on any atom is -0.488 e. The Balaban J connectivity index is 1.92. The largest absolute Gasteiger partial charge is 0.488 e. The summed E-state index contributed by atoms with van der Waals surface area (Å²) in [4.78, 5) is 0.218. The van der Waals surface area contributed by atoms with Crippen LogP contribution in [0, 0.1) is 11.6 Å². The predicted molar refractivity (Wildman–Crippen MR) is 92.1 cm³/mol. The maximum absolute atomic E-state index is 13.8. The van der Waals surface area contributed by atoms with E-state index >= 15 is 0 Å². The summed E-state index contributed by atoms with van der Waals surface area (Å²) in [7, 11) is -3.33. The lowest BCUT2D eigenvalue weighted by Crippen LogP contribution is -2.03. The Morgan fingerprint density at radius 1 is 1.12 bits per heavy atom. The van der Waals surface area contributed by atoms with E-state index in [0.717, 1.165) is 37.2 Å². The zero-order valence-corrected chi connectivity index (χ0v) is 14.6. The first kappa shape index (κ1) is 17.6. The molecule has 1 aliphatic rings. The molecule has 0 saturated heterocycles. The third-order valence-corrected chi connectivity index (χ3v) is 5.27. The molecular weight excluding hydrogens is 346 g/mol. The molecule has 0 N–H and O–H groups in total. The summed E-state index contributed by atoms with van der Waals surface area (Å²) in [5.74, 6) is -0.825. The number of halogens is 2. The van der Waals surface area contributed by atoms with Gasteiger partial charge in [0.2, 0.25) is 0 Å². The van der Waals surface area contributed by atoms with Crippen molar-refractivity contribution in [1.29, 1.82) is 0 Å². The zero-order valence-electron chi connectivity index (χ0n) is 13.8. The number of sulfone groups is 1. The van der Waals surface area contributed by atoms with E-state index in [1.54, 1.807) is 12.1 Å². The molecule has 0 aliphatic heterocycles. The molecule has 0 amide bonds. The van der Waals surface area contributed by atoms with E-state index in [-0.39, 0.29) is 17.1 Å². The van der Waals surface area contributed by atoms with Gasteiger partial charge in [-0.05, 0) is 55.2 Å². The Labute approximate surface area is 145 Å². The van der Waals surface area contributed by atoms with Crippen LogP contribution in [0.3, 0.4) is 0 Å². The summed E-state index contributed by atoms with van der Waals surface area (Å²) in [6.45, 7) is -0.0649. The van der Waals surface area contributed by atoms with Gasteiger partial charge in [0.05, 0.1) is 4.90 Å². The highest BCUT2D eigenvalue weighted by Crippen LogP contribution is 2.35. The molecule has 0 saturated carbocycles. The van der Waals surface area contributed by atoms with E-state index in [9.17, 15) is 17.2 Å². The molecule has 0 fully saturated rings. The van der Waals surface area contributed by atoms with Crippen LogP contribution in [0.25, 0.3) is 5.57 Å². The SMILES string of the molecule is CS(=O)(=O)c1ccc(OCc2ccc(F)cc2F)c(C2=CCCC2)c1. The molecule has 0 bridgehead atoms. The van der Waals surface area contributed by atoms with Crippen molar-refractivity contribution in [3.05, 3.63) is 65.2 Å². The van der Waals surface area contributed by atoms with Gasteiger partial charge in [0.15, 0.2) is 9.84 Å². The molecule has 132 valence electrons. The minimum absolute atomic E-state index is 0.0649. The lowest BCUT2D eigenvalue weighted by Gasteiger charge is -2.14. The number of rotatable bonds is 5. The molecule has 25 heavy (non-hydrogen) atoms. The smallest absolute Gasteiger partial charge is 0.175 e. The Kier molecular flexibility index (Phi) is 4.90. The summed E-state index contributed by atoms with van der Waals surface area (Å²) in [6, 6.07) is 7.99. The first-order valence-electron chi connectivity index (χ1n) is 7.95. The summed E-state index contributed by atoms with van der Waals surface area (Å²) >= 11 is 0. The first-order valence-corrected chi connectivity index (χ1v) is 9.84. The van der Waals surface area contributed by atoms with Gasteiger partial charge in [-0.15, -0.1) is 0 Å². The monoisotopic (exact) mass is 364 g/mol. The van der Waals surface area contributed by atoms with Gasteiger partial charge in [-0.1, -0.05) is 6.08 Å². The lowest BCUT2D eigenvalue weighted by atomic mass is 10.0. The van der Waals surface area contributed by atoms with Crippen molar-refractivity contribution >= 4 is 15.4 Å². The fourth-order valence-electron chi connectivity index (χ4n) is 2.83. The van der Waals surface area contributed by atoms with Gasteiger partial charge in [-0.3, -0.25) is 0 Å². The third-order valence-electron chi connectivity index (χ3n) is 4.16. The van der Waals surface area contributed by atoms with Crippen LogP contribution in [0.5, 0.6) is 5.75 Å². The van der Waals surface area contributed by atoms with Crippen LogP contribution in [0.1, 0.15) is 30.4 Å². The third kappa shape index (κ3) is 4.07. The number of hydrogen-bond donors (Lipinski definition) is 0. The van der Waals surface area contributed by atoms with Gasteiger partial charge in [0.1, 0.15) is 24.0 Å². The first-order chi connectivity index (χ1) is 11.8. The minimum atomic E-state index is -3.33. The second-order valence-corrected chi connectivity index (χ2v) is 8.09. The Hall–Kier alpha value is -2.21. The molecular formula is C19H18F2O3S. The van der Waals surface area contributed by atoms with Gasteiger partial charge in [-0.25, -0.2) is 17.2 Å². The molecule has 3 rings (SSSR count). The predicted octanol–water partition coefficient (Wildman–Crippen LogP) is 4.51. The molecule has 0 unspecified atom stereocenters. The molecule has 2 aromatic rings. The maximum Gasteiger partial charge on any atom is 0.175 e. The molecule has 0 radical (unpaired) electrons. The molecule has 2 aromatic carbocycles. The normalized spacial score (nSPS) is 14.4. The highest BCUT2D eigenvalue weighted by molar-refractivity contribution is 7.90. The Bertz CT molecular complexity index is 934. The van der Waals surface area contributed by atoms with E-state index in [0.29, 0.717) is 11.3 Å². The molecule has 1 aliphatic carbocycles. The van der Waals surface area contributed by atoms with E-state index in [1.807, 2.05) is 0 Å². The van der Waals surface area contributed by atoms with Crippen molar-refractivity contribution in [2.75, 3.05) is 6.26 Å². The van der Waals surface area contributed by atoms with Crippen molar-refractivity contribution in [1.82, 2.24) is 0 Å². The summed E-state index contributed by atoms with van der Waals surface area (Å²) in [5, 5.41) is 0. The summed E-state index contributed by atoms with van der Waals surface area (Å²) < 4.78 is 56.1. The second-order valence-electron chi connectivity index (χ2n) is 6.08. The average Bonchev–Trinajstić information content (AvgIpc) is 3.07. The molecule has 0 heterocycles. The van der Waals surface area contributed by atoms with E-state index in [4.69, 9.17) is 4.74 Å². The highest BCUT2D eigenvalue weighted by Gasteiger charge is 2.17. The van der Waals surface area contributed by atoms with Gasteiger partial charge in [-0.2, -0.15) is 0 Å². The van der Waals surface area contributed by atoms with Crippen molar-refractivity contribution in [2.24, 2.45) is 0 Å². The second kappa shape index (κ2) is 6.96. The van der Waals surface area contributed by atoms with Crippen LogP contribution in [0.2, 0.25) is 0 Å². The van der Waals surface area contributed by atoms with Crippen LogP contribution in [-0.4, -0.2) is 14.7 Å². The van der Waals surface area contributed by atoms with Gasteiger partial charge in [0.25, 0.3) is 0 Å². The Morgan fingerprint density at radius 3 is 2.56 bits per heavy atom. The van der Waals surface area contributed by atoms with Crippen molar-refractivity contribution in [3.63, 3.8) is 0 Å². The number of ether oxygens (including phenoxy) is 1. The number of hydrogen-bond acceptors (Lipinski definition) is 3. The van der Waals surface area contributed by atoms with Gasteiger partial charge >= 0.3 is 0 Å². The quantitative estimate of drug-likeness (QED) is 0.784. The maximum atomic E-state index is 13.8. The van der Waals surface area contributed by atoms with E-state index in [1.165, 1.54) is 18.2 Å². The van der Waals surface area contributed by atoms with E-state index < -0.39 is 21.5 Å². The number of allylic oxidation sites excluding steroid dienone is 2. The van der Waals surface area contributed by atoms with Crippen LogP contribution in [0.4, 0.5) is 8.78 Å². The van der Waals surface area contributed by atoms with E-state index in [2.05, 4.69) is 6.08 Å². The van der Waals surface area contributed by atoms with Crippen LogP contribution < -0.4 is 4.74 Å². The molecule has 6 heteroatoms. The molecule has 0 aromatic heterocycles. The van der Waals surface area contributed by atoms with Crippen molar-refractivity contribution in [3.8, 4) is 5.75 Å².